The highest BCUT2D eigenvalue weighted by Gasteiger charge is 2.33. The Morgan fingerprint density at radius 1 is 1.17 bits per heavy atom. The quantitative estimate of drug-likeness (QED) is 0.501. The van der Waals surface area contributed by atoms with Crippen LogP contribution in [0.25, 0.3) is 16.8 Å². The number of fused-ring (bicyclic) bond motifs is 3. The molecule has 0 radical (unpaired) electrons. The van der Waals surface area contributed by atoms with Crippen LogP contribution in [0.15, 0.2) is 41.6 Å². The number of H-pyrrole nitrogens is 1. The summed E-state index contributed by atoms with van der Waals surface area (Å²) in [6, 6.07) is 6.44. The van der Waals surface area contributed by atoms with E-state index >= 15 is 0 Å². The van der Waals surface area contributed by atoms with Crippen molar-refractivity contribution < 1.29 is 8.42 Å². The lowest BCUT2D eigenvalue weighted by Gasteiger charge is -2.13. The summed E-state index contributed by atoms with van der Waals surface area (Å²) < 4.78 is 27.8. The molecule has 1 aromatic carbocycles. The van der Waals surface area contributed by atoms with Crippen LogP contribution in [0.4, 0.5) is 0 Å². The molecule has 0 amide bonds. The number of aromatic amines is 1. The Morgan fingerprint density at radius 2 is 2.03 bits per heavy atom. The van der Waals surface area contributed by atoms with Crippen molar-refractivity contribution >= 4 is 49.9 Å². The van der Waals surface area contributed by atoms with E-state index in [-0.39, 0.29) is 27.5 Å². The number of nitrogens with zero attached hydrogens (tertiary/aromatic N) is 4. The second kappa shape index (κ2) is 6.97. The maximum absolute atomic E-state index is 12.9. The molecule has 3 heterocycles. The van der Waals surface area contributed by atoms with Gasteiger partial charge in [-0.3, -0.25) is 4.40 Å². The van der Waals surface area contributed by atoms with Gasteiger partial charge in [-0.25, -0.2) is 13.4 Å². The topological polar surface area (TPSA) is 93.0 Å². The van der Waals surface area contributed by atoms with Crippen LogP contribution in [-0.4, -0.2) is 38.7 Å². The Bertz CT molecular complexity index is 1330. The van der Waals surface area contributed by atoms with Gasteiger partial charge in [0.1, 0.15) is 5.82 Å². The minimum Gasteiger partial charge on any atom is -0.345 e. The molecule has 0 aliphatic heterocycles. The van der Waals surface area contributed by atoms with Gasteiger partial charge in [-0.2, -0.15) is 0 Å². The molecule has 2 atom stereocenters. The van der Waals surface area contributed by atoms with Crippen LogP contribution < -0.4 is 0 Å². The second-order valence-electron chi connectivity index (χ2n) is 7.45. The van der Waals surface area contributed by atoms with Crippen molar-refractivity contribution in [1.82, 2.24) is 24.6 Å². The predicted octanol–water partition coefficient (Wildman–Crippen LogP) is 4.27. The summed E-state index contributed by atoms with van der Waals surface area (Å²) in [7, 11) is -3.50. The average molecular weight is 450 g/mol. The number of hydrogen-bond acceptors (Lipinski definition) is 5. The number of rotatable bonds is 4. The summed E-state index contributed by atoms with van der Waals surface area (Å²) in [6.07, 6.45) is 5.93. The number of benzene rings is 1. The average Bonchev–Trinajstić information content (AvgIpc) is 3.38. The van der Waals surface area contributed by atoms with Crippen molar-refractivity contribution in [3.05, 3.63) is 52.5 Å². The highest BCUT2D eigenvalue weighted by Crippen LogP contribution is 2.40. The van der Waals surface area contributed by atoms with Crippen LogP contribution in [0, 0.1) is 5.92 Å². The largest absolute Gasteiger partial charge is 0.345 e. The van der Waals surface area contributed by atoms with Gasteiger partial charge in [0, 0.05) is 17.1 Å². The summed E-state index contributed by atoms with van der Waals surface area (Å²) in [4.78, 5) is 7.58. The standard InChI is InChI=1S/C19H17Cl2N5O2S/c20-13-3-4-16(14(21)8-13)29(27,28)10-11-1-2-12(7-11)19-25-24-17-9-23-18-15(26(17)19)5-6-22-18/h3-6,8-9,11-12,22H,1-2,7,10H2/t11-,12+/m0/s1. The van der Waals surface area contributed by atoms with E-state index in [1.165, 1.54) is 12.1 Å². The molecule has 4 aromatic rings. The van der Waals surface area contributed by atoms with E-state index in [1.54, 1.807) is 12.3 Å². The fourth-order valence-corrected chi connectivity index (χ4v) is 6.75. The minimum atomic E-state index is -3.50. The molecule has 7 nitrogen and oxygen atoms in total. The zero-order chi connectivity index (χ0) is 20.2. The monoisotopic (exact) mass is 449 g/mol. The third kappa shape index (κ3) is 3.29. The second-order valence-corrected chi connectivity index (χ2v) is 10.3. The van der Waals surface area contributed by atoms with E-state index in [1.807, 2.05) is 16.7 Å². The van der Waals surface area contributed by atoms with Crippen molar-refractivity contribution in [2.24, 2.45) is 5.92 Å². The SMILES string of the molecule is O=S(=O)(C[C@H]1CC[C@@H](c2nnc3cnc4[nH]ccc4n23)C1)c1ccc(Cl)cc1Cl. The summed E-state index contributed by atoms with van der Waals surface area (Å²) in [5.74, 6) is 1.10. The molecule has 29 heavy (non-hydrogen) atoms. The number of aromatic nitrogens is 5. The summed E-state index contributed by atoms with van der Waals surface area (Å²) in [5.41, 5.74) is 2.38. The van der Waals surface area contributed by atoms with Gasteiger partial charge in [-0.1, -0.05) is 23.2 Å². The van der Waals surface area contributed by atoms with Gasteiger partial charge < -0.3 is 4.98 Å². The first-order chi connectivity index (χ1) is 13.9. The molecule has 3 aromatic heterocycles. The zero-order valence-electron chi connectivity index (χ0n) is 15.2. The molecule has 0 spiro atoms. The fourth-order valence-electron chi connectivity index (χ4n) is 4.25. The molecule has 1 aliphatic carbocycles. The number of nitrogens with one attached hydrogen (secondary N) is 1. The predicted molar refractivity (Wildman–Crippen MR) is 111 cm³/mol. The van der Waals surface area contributed by atoms with Crippen molar-refractivity contribution in [3.63, 3.8) is 0 Å². The molecule has 0 bridgehead atoms. The molecule has 0 unspecified atom stereocenters. The van der Waals surface area contributed by atoms with E-state index in [0.717, 1.165) is 36.3 Å². The summed E-state index contributed by atoms with van der Waals surface area (Å²) >= 11 is 12.0. The van der Waals surface area contributed by atoms with Crippen LogP contribution in [0.2, 0.25) is 10.0 Å². The third-order valence-electron chi connectivity index (χ3n) is 5.56. The Balaban J connectivity index is 1.41. The highest BCUT2D eigenvalue weighted by atomic mass is 35.5. The van der Waals surface area contributed by atoms with Gasteiger partial charge in [0.05, 0.1) is 27.4 Å². The molecule has 0 saturated heterocycles. The molecule has 5 rings (SSSR count). The smallest absolute Gasteiger partial charge is 0.180 e. The third-order valence-corrected chi connectivity index (χ3v) is 8.15. The first-order valence-electron chi connectivity index (χ1n) is 9.27. The van der Waals surface area contributed by atoms with E-state index in [2.05, 4.69) is 20.2 Å². The van der Waals surface area contributed by atoms with Crippen molar-refractivity contribution in [2.45, 2.75) is 30.1 Å². The zero-order valence-corrected chi connectivity index (χ0v) is 17.5. The fraction of sp³-hybridized carbons (Fsp3) is 0.316. The minimum absolute atomic E-state index is 0.0349. The normalized spacial score (nSPS) is 20.1. The van der Waals surface area contributed by atoms with Crippen LogP contribution in [0.5, 0.6) is 0 Å². The van der Waals surface area contributed by atoms with Gasteiger partial charge in [0.2, 0.25) is 0 Å². The van der Waals surface area contributed by atoms with Gasteiger partial charge in [0.25, 0.3) is 0 Å². The summed E-state index contributed by atoms with van der Waals surface area (Å²) in [6.45, 7) is 0. The van der Waals surface area contributed by atoms with E-state index in [4.69, 9.17) is 23.2 Å². The van der Waals surface area contributed by atoms with Crippen LogP contribution >= 0.6 is 23.2 Å². The number of hydrogen-bond donors (Lipinski definition) is 1. The number of halogens is 2. The summed E-state index contributed by atoms with van der Waals surface area (Å²) in [5, 5.41) is 9.22. The molecule has 1 saturated carbocycles. The maximum Gasteiger partial charge on any atom is 0.180 e. The Labute approximate surface area is 177 Å². The van der Waals surface area contributed by atoms with Crippen LogP contribution in [-0.2, 0) is 9.84 Å². The lowest BCUT2D eigenvalue weighted by Crippen LogP contribution is -2.15. The Morgan fingerprint density at radius 3 is 2.86 bits per heavy atom. The van der Waals surface area contributed by atoms with Crippen LogP contribution in [0.1, 0.15) is 31.0 Å². The molecule has 1 aliphatic rings. The first kappa shape index (κ1) is 18.8. The molecular weight excluding hydrogens is 433 g/mol. The first-order valence-corrected chi connectivity index (χ1v) is 11.7. The Hall–Kier alpha value is -2.16. The lowest BCUT2D eigenvalue weighted by atomic mass is 10.1. The molecule has 1 fully saturated rings. The van der Waals surface area contributed by atoms with Crippen molar-refractivity contribution in [2.75, 3.05) is 5.75 Å². The van der Waals surface area contributed by atoms with Gasteiger partial charge in [-0.15, -0.1) is 10.2 Å². The highest BCUT2D eigenvalue weighted by molar-refractivity contribution is 7.91. The van der Waals surface area contributed by atoms with E-state index in [9.17, 15) is 8.42 Å². The van der Waals surface area contributed by atoms with Crippen molar-refractivity contribution in [1.29, 1.82) is 0 Å². The van der Waals surface area contributed by atoms with Crippen molar-refractivity contribution in [3.8, 4) is 0 Å². The molecule has 10 heteroatoms. The maximum atomic E-state index is 12.9. The Kier molecular flexibility index (Phi) is 4.53. The van der Waals surface area contributed by atoms with E-state index < -0.39 is 9.84 Å². The molecule has 150 valence electrons. The van der Waals surface area contributed by atoms with Crippen LogP contribution in [0.3, 0.4) is 0 Å². The number of sulfone groups is 1. The van der Waals surface area contributed by atoms with Gasteiger partial charge in [-0.05, 0) is 49.4 Å². The van der Waals surface area contributed by atoms with Gasteiger partial charge in [0.15, 0.2) is 21.1 Å². The van der Waals surface area contributed by atoms with E-state index in [0.29, 0.717) is 10.7 Å². The molecule has 1 N–H and O–H groups in total. The molecular formula is C19H17Cl2N5O2S. The van der Waals surface area contributed by atoms with Gasteiger partial charge >= 0.3 is 0 Å². The lowest BCUT2D eigenvalue weighted by molar-refractivity contribution is 0.550.